The number of nitrogens with zero attached hydrogens (tertiary/aromatic N) is 3. The first-order valence-electron chi connectivity index (χ1n) is 13.5. The highest BCUT2D eigenvalue weighted by atomic mass is 16.6. The molecular weight excluding hydrogens is 464 g/mol. The first-order chi connectivity index (χ1) is 17.5. The first kappa shape index (κ1) is 29.9. The molecule has 1 fully saturated rings. The minimum atomic E-state index is -1.28. The highest BCUT2D eigenvalue weighted by molar-refractivity contribution is 5.88. The minimum absolute atomic E-state index is 0.226. The van der Waals surface area contributed by atoms with Crippen LogP contribution in [0.15, 0.2) is 18.5 Å². The summed E-state index contributed by atoms with van der Waals surface area (Å²) in [5.41, 5.74) is 5.14. The molecule has 0 saturated carbocycles. The van der Waals surface area contributed by atoms with Gasteiger partial charge in [0.1, 0.15) is 18.5 Å². The van der Waals surface area contributed by atoms with Gasteiger partial charge in [-0.15, -0.1) is 5.10 Å². The van der Waals surface area contributed by atoms with Gasteiger partial charge in [0.25, 0.3) is 5.91 Å². The smallest absolute Gasteiger partial charge is 0.306 e. The Morgan fingerprint density at radius 2 is 1.67 bits per heavy atom. The third-order valence-corrected chi connectivity index (χ3v) is 6.39. The Bertz CT molecular complexity index is 799. The van der Waals surface area contributed by atoms with Crippen LogP contribution in [-0.2, 0) is 14.3 Å². The Morgan fingerprint density at radius 3 is 2.25 bits per heavy atom. The summed E-state index contributed by atoms with van der Waals surface area (Å²) in [5, 5.41) is 24.0. The highest BCUT2D eigenvalue weighted by Crippen LogP contribution is 2.31. The number of ether oxygens (including phenoxy) is 2. The summed E-state index contributed by atoms with van der Waals surface area (Å²) in [7, 11) is 0. The van der Waals surface area contributed by atoms with Crippen LogP contribution in [0.1, 0.15) is 114 Å². The first-order valence-corrected chi connectivity index (χ1v) is 13.5. The van der Waals surface area contributed by atoms with Crippen LogP contribution in [0.4, 0.5) is 0 Å². The third-order valence-electron chi connectivity index (χ3n) is 6.39. The molecule has 10 heteroatoms. The van der Waals surface area contributed by atoms with Gasteiger partial charge in [0, 0.05) is 6.42 Å². The number of nitrogens with two attached hydrogens (primary N) is 1. The maximum absolute atomic E-state index is 12.3. The van der Waals surface area contributed by atoms with Crippen molar-refractivity contribution in [2.45, 2.75) is 121 Å². The average molecular weight is 509 g/mol. The molecule has 10 nitrogen and oxygen atoms in total. The maximum atomic E-state index is 12.3. The van der Waals surface area contributed by atoms with Gasteiger partial charge < -0.3 is 25.4 Å². The SMILES string of the molecule is CCCCCCCC/C=C/CCCCCCCC(=O)O[C@H]1[C@@H](O)[C@H](n2cnc(C(N)=O)n2)O[C@@H]1CO. The van der Waals surface area contributed by atoms with Gasteiger partial charge in [-0.2, -0.15) is 0 Å². The van der Waals surface area contributed by atoms with Crippen LogP contribution in [0.3, 0.4) is 0 Å². The second-order valence-corrected chi connectivity index (χ2v) is 9.44. The number of allylic oxidation sites excluding steroid dienone is 2. The number of primary amides is 1. The molecule has 204 valence electrons. The molecule has 0 aromatic carbocycles. The van der Waals surface area contributed by atoms with Crippen molar-refractivity contribution in [3.63, 3.8) is 0 Å². The van der Waals surface area contributed by atoms with E-state index in [-0.39, 0.29) is 12.2 Å². The molecule has 1 aromatic rings. The van der Waals surface area contributed by atoms with Crippen molar-refractivity contribution in [2.75, 3.05) is 6.61 Å². The molecule has 1 saturated heterocycles. The van der Waals surface area contributed by atoms with E-state index in [9.17, 15) is 19.8 Å². The lowest BCUT2D eigenvalue weighted by atomic mass is 10.1. The van der Waals surface area contributed by atoms with Crippen LogP contribution >= 0.6 is 0 Å². The monoisotopic (exact) mass is 508 g/mol. The molecule has 0 unspecified atom stereocenters. The molecule has 4 N–H and O–H groups in total. The predicted molar refractivity (Wildman–Crippen MR) is 135 cm³/mol. The molecule has 1 aromatic heterocycles. The number of aromatic nitrogens is 3. The molecule has 1 aliphatic rings. The van der Waals surface area contributed by atoms with E-state index in [1.165, 1.54) is 51.3 Å². The molecule has 2 heterocycles. The number of hydrogen-bond donors (Lipinski definition) is 3. The van der Waals surface area contributed by atoms with Gasteiger partial charge in [-0.05, 0) is 32.1 Å². The molecule has 0 aliphatic carbocycles. The standard InChI is InChI=1S/C26H44N4O6/c1-2-3-4-5-6-7-8-9-10-11-12-13-14-15-16-17-21(32)36-23-20(18-31)35-26(22(23)33)30-19-28-25(29-30)24(27)34/h9-10,19-20,22-23,26,31,33H,2-8,11-18H2,1H3,(H2,27,34)/b10-9+/t20-,22-,23-,26-/m1/s1. The van der Waals surface area contributed by atoms with E-state index in [1.807, 2.05) is 0 Å². The van der Waals surface area contributed by atoms with Crippen LogP contribution < -0.4 is 5.73 Å². The number of aliphatic hydroxyl groups excluding tert-OH is 2. The van der Waals surface area contributed by atoms with E-state index in [4.69, 9.17) is 15.2 Å². The quantitative estimate of drug-likeness (QED) is 0.146. The topological polar surface area (TPSA) is 150 Å². The largest absolute Gasteiger partial charge is 0.457 e. The third kappa shape index (κ3) is 10.4. The number of amides is 1. The van der Waals surface area contributed by atoms with Gasteiger partial charge >= 0.3 is 5.97 Å². The lowest BCUT2D eigenvalue weighted by Crippen LogP contribution is -2.38. The van der Waals surface area contributed by atoms with E-state index in [2.05, 4.69) is 29.2 Å². The Balaban J connectivity index is 1.56. The van der Waals surface area contributed by atoms with Crippen LogP contribution in [0, 0.1) is 0 Å². The van der Waals surface area contributed by atoms with Gasteiger partial charge in [-0.25, -0.2) is 9.67 Å². The second-order valence-electron chi connectivity index (χ2n) is 9.44. The lowest BCUT2D eigenvalue weighted by molar-refractivity contribution is -0.156. The molecule has 0 spiro atoms. The summed E-state index contributed by atoms with van der Waals surface area (Å²) in [5.74, 6) is -1.49. The number of carbonyl (C=O) groups is 2. The zero-order valence-electron chi connectivity index (χ0n) is 21.6. The van der Waals surface area contributed by atoms with E-state index in [1.54, 1.807) is 0 Å². The summed E-state index contributed by atoms with van der Waals surface area (Å²) < 4.78 is 12.1. The van der Waals surface area contributed by atoms with Gasteiger partial charge in [-0.3, -0.25) is 9.59 Å². The number of unbranched alkanes of at least 4 members (excludes halogenated alkanes) is 11. The summed E-state index contributed by atoms with van der Waals surface area (Å²) >= 11 is 0. The lowest BCUT2D eigenvalue weighted by Gasteiger charge is -2.19. The Morgan fingerprint density at radius 1 is 1.06 bits per heavy atom. The van der Waals surface area contributed by atoms with Gasteiger partial charge in [0.05, 0.1) is 6.61 Å². The van der Waals surface area contributed by atoms with E-state index in [0.29, 0.717) is 6.42 Å². The summed E-state index contributed by atoms with van der Waals surface area (Å²) in [6.45, 7) is 1.79. The van der Waals surface area contributed by atoms with Gasteiger partial charge in [0.15, 0.2) is 12.3 Å². The van der Waals surface area contributed by atoms with Crippen molar-refractivity contribution >= 4 is 11.9 Å². The van der Waals surface area contributed by atoms with Gasteiger partial charge in [0.2, 0.25) is 5.82 Å². The van der Waals surface area contributed by atoms with Crippen LogP contribution in [0.25, 0.3) is 0 Å². The van der Waals surface area contributed by atoms with E-state index < -0.39 is 43.0 Å². The fraction of sp³-hybridized carbons (Fsp3) is 0.769. The van der Waals surface area contributed by atoms with Crippen molar-refractivity contribution in [2.24, 2.45) is 5.73 Å². The Hall–Kier alpha value is -2.30. The molecule has 4 atom stereocenters. The number of carbonyl (C=O) groups excluding carboxylic acids is 2. The Kier molecular flexibility index (Phi) is 14.3. The van der Waals surface area contributed by atoms with Crippen molar-refractivity contribution < 1.29 is 29.3 Å². The maximum Gasteiger partial charge on any atom is 0.306 e. The summed E-state index contributed by atoms with van der Waals surface area (Å²) in [4.78, 5) is 27.2. The molecule has 2 rings (SSSR count). The molecule has 36 heavy (non-hydrogen) atoms. The predicted octanol–water partition coefficient (Wildman–Crippen LogP) is 3.58. The number of esters is 1. The number of hydrogen-bond acceptors (Lipinski definition) is 8. The fourth-order valence-electron chi connectivity index (χ4n) is 4.29. The van der Waals surface area contributed by atoms with Crippen molar-refractivity contribution in [3.8, 4) is 0 Å². The van der Waals surface area contributed by atoms with Crippen molar-refractivity contribution in [3.05, 3.63) is 24.3 Å². The van der Waals surface area contributed by atoms with Gasteiger partial charge in [-0.1, -0.05) is 70.4 Å². The molecule has 1 aliphatic heterocycles. The number of rotatable bonds is 19. The fourth-order valence-corrected chi connectivity index (χ4v) is 4.29. The van der Waals surface area contributed by atoms with Crippen LogP contribution in [0.2, 0.25) is 0 Å². The summed E-state index contributed by atoms with van der Waals surface area (Å²) in [6.07, 6.45) is 17.0. The highest BCUT2D eigenvalue weighted by Gasteiger charge is 2.47. The molecule has 0 bridgehead atoms. The normalized spacial score (nSPS) is 21.9. The average Bonchev–Trinajstić information content (AvgIpc) is 3.47. The van der Waals surface area contributed by atoms with Crippen LogP contribution in [0.5, 0.6) is 0 Å². The van der Waals surface area contributed by atoms with Crippen molar-refractivity contribution in [1.29, 1.82) is 0 Å². The minimum Gasteiger partial charge on any atom is -0.457 e. The molecule has 0 radical (unpaired) electrons. The Labute approximate surface area is 214 Å². The van der Waals surface area contributed by atoms with Crippen LogP contribution in [-0.4, -0.2) is 61.8 Å². The molecule has 1 amide bonds. The second kappa shape index (κ2) is 17.2. The van der Waals surface area contributed by atoms with Crippen molar-refractivity contribution in [1.82, 2.24) is 14.8 Å². The molecular formula is C26H44N4O6. The zero-order chi connectivity index (χ0) is 26.2. The number of aliphatic hydroxyl groups is 2. The van der Waals surface area contributed by atoms with E-state index >= 15 is 0 Å². The zero-order valence-corrected chi connectivity index (χ0v) is 21.6. The van der Waals surface area contributed by atoms with E-state index in [0.717, 1.165) is 36.8 Å². The summed E-state index contributed by atoms with van der Waals surface area (Å²) in [6, 6.07) is 0.